The molecule has 1 aliphatic heterocycles. The van der Waals surface area contributed by atoms with Gasteiger partial charge in [0.05, 0.1) is 10.6 Å². The van der Waals surface area contributed by atoms with E-state index >= 15 is 0 Å². The predicted molar refractivity (Wildman–Crippen MR) is 81.2 cm³/mol. The molecular weight excluding hydrogens is 291 g/mol. The summed E-state index contributed by atoms with van der Waals surface area (Å²) in [5.74, 6) is -0.727. The van der Waals surface area contributed by atoms with E-state index in [0.717, 1.165) is 23.7 Å². The number of para-hydroxylation sites is 1. The summed E-state index contributed by atoms with van der Waals surface area (Å²) in [6.45, 7) is 0.420. The smallest absolute Gasteiger partial charge is 0.259 e. The number of amides is 1. The maximum Gasteiger partial charge on any atom is 0.259 e. The quantitative estimate of drug-likeness (QED) is 0.880. The minimum Gasteiger partial charge on any atom is -0.326 e. The standard InChI is InChI=1S/C16H14ClFN2O/c17-14-8-11(18)5-6-13(14)16(21)20-9-12(19)7-10-3-1-2-4-15(10)20/h1-6,8,12H,7,9,19H2. The van der Waals surface area contributed by atoms with E-state index < -0.39 is 5.82 Å². The van der Waals surface area contributed by atoms with Crippen molar-refractivity contribution >= 4 is 23.2 Å². The molecule has 5 heteroatoms. The molecule has 1 unspecified atom stereocenters. The molecule has 0 bridgehead atoms. The third-order valence-corrected chi connectivity index (χ3v) is 3.90. The molecule has 108 valence electrons. The zero-order valence-corrected chi connectivity index (χ0v) is 12.0. The SMILES string of the molecule is NC1Cc2ccccc2N(C(=O)c2ccc(F)cc2Cl)C1. The molecule has 1 heterocycles. The average molecular weight is 305 g/mol. The molecule has 0 aromatic heterocycles. The average Bonchev–Trinajstić information content (AvgIpc) is 2.45. The van der Waals surface area contributed by atoms with E-state index in [1.54, 1.807) is 4.90 Å². The highest BCUT2D eigenvalue weighted by molar-refractivity contribution is 6.34. The summed E-state index contributed by atoms with van der Waals surface area (Å²) in [5.41, 5.74) is 8.18. The molecule has 0 aliphatic carbocycles. The normalized spacial score (nSPS) is 17.5. The Bertz CT molecular complexity index is 704. The lowest BCUT2D eigenvalue weighted by Gasteiger charge is -2.33. The number of anilines is 1. The van der Waals surface area contributed by atoms with Gasteiger partial charge in [0, 0.05) is 18.3 Å². The summed E-state index contributed by atoms with van der Waals surface area (Å²) >= 11 is 5.99. The summed E-state index contributed by atoms with van der Waals surface area (Å²) < 4.78 is 13.1. The molecule has 1 aliphatic rings. The number of fused-ring (bicyclic) bond motifs is 1. The van der Waals surface area contributed by atoms with Gasteiger partial charge in [-0.1, -0.05) is 29.8 Å². The van der Waals surface area contributed by atoms with Crippen LogP contribution in [-0.2, 0) is 6.42 Å². The maximum atomic E-state index is 13.1. The molecule has 1 amide bonds. The Morgan fingerprint density at radius 1 is 1.29 bits per heavy atom. The number of hydrogen-bond donors (Lipinski definition) is 1. The van der Waals surface area contributed by atoms with Crippen LogP contribution in [0.2, 0.25) is 5.02 Å². The monoisotopic (exact) mass is 304 g/mol. The molecule has 0 saturated carbocycles. The van der Waals surface area contributed by atoms with E-state index in [1.165, 1.54) is 12.1 Å². The fraction of sp³-hybridized carbons (Fsp3) is 0.188. The van der Waals surface area contributed by atoms with Crippen LogP contribution in [0, 0.1) is 5.82 Å². The van der Waals surface area contributed by atoms with Crippen molar-refractivity contribution < 1.29 is 9.18 Å². The Kier molecular flexibility index (Phi) is 3.66. The van der Waals surface area contributed by atoms with Gasteiger partial charge < -0.3 is 10.6 Å². The molecular formula is C16H14ClFN2O. The highest BCUT2D eigenvalue weighted by atomic mass is 35.5. The van der Waals surface area contributed by atoms with Gasteiger partial charge in [0.15, 0.2) is 0 Å². The van der Waals surface area contributed by atoms with Crippen LogP contribution >= 0.6 is 11.6 Å². The van der Waals surface area contributed by atoms with E-state index in [1.807, 2.05) is 24.3 Å². The van der Waals surface area contributed by atoms with Crippen molar-refractivity contribution in [1.29, 1.82) is 0 Å². The minimum atomic E-state index is -0.465. The largest absolute Gasteiger partial charge is 0.326 e. The van der Waals surface area contributed by atoms with Crippen molar-refractivity contribution in [3.63, 3.8) is 0 Å². The van der Waals surface area contributed by atoms with Crippen LogP contribution < -0.4 is 10.6 Å². The number of rotatable bonds is 1. The van der Waals surface area contributed by atoms with Crippen molar-refractivity contribution in [3.05, 3.63) is 64.4 Å². The Balaban J connectivity index is 2.02. The second-order valence-corrected chi connectivity index (χ2v) is 5.54. The van der Waals surface area contributed by atoms with Crippen molar-refractivity contribution in [2.45, 2.75) is 12.5 Å². The van der Waals surface area contributed by atoms with Gasteiger partial charge in [-0.25, -0.2) is 4.39 Å². The van der Waals surface area contributed by atoms with E-state index in [9.17, 15) is 9.18 Å². The van der Waals surface area contributed by atoms with Crippen molar-refractivity contribution in [2.24, 2.45) is 5.73 Å². The number of benzene rings is 2. The van der Waals surface area contributed by atoms with Gasteiger partial charge >= 0.3 is 0 Å². The van der Waals surface area contributed by atoms with Gasteiger partial charge in [-0.2, -0.15) is 0 Å². The molecule has 0 fully saturated rings. The third-order valence-electron chi connectivity index (χ3n) is 3.59. The first-order valence-electron chi connectivity index (χ1n) is 6.66. The molecule has 1 atom stereocenters. The molecule has 2 N–H and O–H groups in total. The Morgan fingerprint density at radius 3 is 2.81 bits per heavy atom. The Hall–Kier alpha value is -1.91. The second kappa shape index (κ2) is 5.47. The van der Waals surface area contributed by atoms with Gasteiger partial charge in [0.1, 0.15) is 5.82 Å². The molecule has 0 radical (unpaired) electrons. The van der Waals surface area contributed by atoms with Crippen LogP contribution in [0.25, 0.3) is 0 Å². The lowest BCUT2D eigenvalue weighted by Crippen LogP contribution is -2.46. The van der Waals surface area contributed by atoms with Crippen LogP contribution in [0.5, 0.6) is 0 Å². The van der Waals surface area contributed by atoms with E-state index in [-0.39, 0.29) is 22.5 Å². The Morgan fingerprint density at radius 2 is 2.05 bits per heavy atom. The lowest BCUT2D eigenvalue weighted by molar-refractivity contribution is 0.0983. The maximum absolute atomic E-state index is 13.1. The van der Waals surface area contributed by atoms with Crippen molar-refractivity contribution in [3.8, 4) is 0 Å². The molecule has 2 aromatic rings. The first-order valence-corrected chi connectivity index (χ1v) is 7.04. The highest BCUT2D eigenvalue weighted by Gasteiger charge is 2.28. The number of carbonyl (C=O) groups is 1. The second-order valence-electron chi connectivity index (χ2n) is 5.13. The summed E-state index contributed by atoms with van der Waals surface area (Å²) in [7, 11) is 0. The van der Waals surface area contributed by atoms with Crippen LogP contribution in [0.1, 0.15) is 15.9 Å². The predicted octanol–water partition coefficient (Wildman–Crippen LogP) is 3.01. The minimum absolute atomic E-state index is 0.108. The number of halogens is 2. The topological polar surface area (TPSA) is 46.3 Å². The highest BCUT2D eigenvalue weighted by Crippen LogP contribution is 2.29. The van der Waals surface area contributed by atoms with E-state index in [2.05, 4.69) is 0 Å². The number of nitrogens with zero attached hydrogens (tertiary/aromatic N) is 1. The summed E-state index contributed by atoms with van der Waals surface area (Å²) in [5, 5.41) is 0.108. The fourth-order valence-corrected chi connectivity index (χ4v) is 2.88. The first kappa shape index (κ1) is 14.0. The molecule has 21 heavy (non-hydrogen) atoms. The van der Waals surface area contributed by atoms with Crippen LogP contribution in [0.3, 0.4) is 0 Å². The zero-order valence-electron chi connectivity index (χ0n) is 11.2. The number of hydrogen-bond acceptors (Lipinski definition) is 2. The zero-order chi connectivity index (χ0) is 15.0. The van der Waals surface area contributed by atoms with Gasteiger partial charge in [0.25, 0.3) is 5.91 Å². The Labute approximate surface area is 127 Å². The summed E-state index contributed by atoms with van der Waals surface area (Å²) in [6.07, 6.45) is 0.733. The molecule has 3 rings (SSSR count). The fourth-order valence-electron chi connectivity index (χ4n) is 2.63. The lowest BCUT2D eigenvalue weighted by atomic mass is 9.97. The molecule has 0 spiro atoms. The number of nitrogens with two attached hydrogens (primary N) is 1. The van der Waals surface area contributed by atoms with E-state index in [4.69, 9.17) is 17.3 Å². The van der Waals surface area contributed by atoms with Crippen molar-refractivity contribution in [2.75, 3.05) is 11.4 Å². The van der Waals surface area contributed by atoms with Crippen molar-refractivity contribution in [1.82, 2.24) is 0 Å². The third kappa shape index (κ3) is 2.64. The van der Waals surface area contributed by atoms with Crippen LogP contribution in [0.4, 0.5) is 10.1 Å². The van der Waals surface area contributed by atoms with Crippen LogP contribution in [-0.4, -0.2) is 18.5 Å². The van der Waals surface area contributed by atoms with E-state index in [0.29, 0.717) is 6.54 Å². The summed E-state index contributed by atoms with van der Waals surface area (Å²) in [4.78, 5) is 14.3. The van der Waals surface area contributed by atoms with Gasteiger partial charge in [0.2, 0.25) is 0 Å². The first-order chi connectivity index (χ1) is 10.1. The van der Waals surface area contributed by atoms with Crippen LogP contribution in [0.15, 0.2) is 42.5 Å². The molecule has 0 saturated heterocycles. The van der Waals surface area contributed by atoms with Gasteiger partial charge in [-0.3, -0.25) is 4.79 Å². The van der Waals surface area contributed by atoms with Gasteiger partial charge in [-0.15, -0.1) is 0 Å². The molecule has 3 nitrogen and oxygen atoms in total. The van der Waals surface area contributed by atoms with Gasteiger partial charge in [-0.05, 0) is 36.2 Å². The number of carbonyl (C=O) groups excluding carboxylic acids is 1. The molecule has 2 aromatic carbocycles. The summed E-state index contributed by atoms with van der Waals surface area (Å²) in [6, 6.07) is 11.3.